The SMILES string of the molecule is COc1ccc(N2C(=O)CN(S(=O)(=O)c3ccccc3[N+](=O)[O-])C(C(=O)O)C2c2ccc(Cl)cc2)cc1. The number of rotatable bonds is 7. The number of methoxy groups -OCH3 is 1. The van der Waals surface area contributed by atoms with Crippen LogP contribution in [0.3, 0.4) is 0 Å². The zero-order valence-corrected chi connectivity index (χ0v) is 20.8. The van der Waals surface area contributed by atoms with Crippen molar-refractivity contribution in [3.8, 4) is 5.75 Å². The smallest absolute Gasteiger partial charge is 0.324 e. The lowest BCUT2D eigenvalue weighted by atomic mass is 9.94. The molecule has 2 atom stereocenters. The van der Waals surface area contributed by atoms with Gasteiger partial charge >= 0.3 is 5.97 Å². The van der Waals surface area contributed by atoms with Gasteiger partial charge in [0, 0.05) is 16.8 Å². The van der Waals surface area contributed by atoms with Gasteiger partial charge in [-0.05, 0) is 48.0 Å². The second-order valence-corrected chi connectivity index (χ2v) is 10.3. The fraction of sp³-hybridized carbons (Fsp3) is 0.167. The lowest BCUT2D eigenvalue weighted by molar-refractivity contribution is -0.387. The highest BCUT2D eigenvalue weighted by molar-refractivity contribution is 7.89. The van der Waals surface area contributed by atoms with Crippen molar-refractivity contribution < 1.29 is 32.8 Å². The number of amides is 1. The number of anilines is 1. The first-order valence-corrected chi connectivity index (χ1v) is 12.6. The standard InChI is InChI=1S/C24H20ClN3O8S/c1-36-18-12-10-17(11-13-18)27-21(29)14-26(37(34,35)20-5-3-2-4-19(20)28(32)33)23(24(30)31)22(27)15-6-8-16(25)9-7-15/h2-13,22-23H,14H2,1H3,(H,30,31). The number of sulfonamides is 1. The van der Waals surface area contributed by atoms with Gasteiger partial charge in [0.15, 0.2) is 4.90 Å². The number of benzene rings is 3. The van der Waals surface area contributed by atoms with Gasteiger partial charge in [-0.25, -0.2) is 8.42 Å². The molecule has 1 saturated heterocycles. The lowest BCUT2D eigenvalue weighted by Crippen LogP contribution is -2.62. The van der Waals surface area contributed by atoms with Crippen LogP contribution in [-0.4, -0.2) is 54.3 Å². The quantitative estimate of drug-likeness (QED) is 0.350. The molecule has 2 unspecified atom stereocenters. The van der Waals surface area contributed by atoms with E-state index in [1.54, 1.807) is 24.3 Å². The fourth-order valence-electron chi connectivity index (χ4n) is 4.25. The molecular formula is C24H20ClN3O8S. The molecule has 1 heterocycles. The van der Waals surface area contributed by atoms with Gasteiger partial charge in [-0.1, -0.05) is 35.9 Å². The molecule has 192 valence electrons. The van der Waals surface area contributed by atoms with E-state index in [0.717, 1.165) is 12.1 Å². The second kappa shape index (κ2) is 10.2. The normalized spacial score (nSPS) is 18.4. The Labute approximate surface area is 216 Å². The second-order valence-electron chi connectivity index (χ2n) is 8.02. The number of nitro benzene ring substituents is 1. The number of hydrogen-bond acceptors (Lipinski definition) is 7. The van der Waals surface area contributed by atoms with Gasteiger partial charge in [0.2, 0.25) is 5.91 Å². The Bertz CT molecular complexity index is 1460. The summed E-state index contributed by atoms with van der Waals surface area (Å²) in [4.78, 5) is 37.3. The van der Waals surface area contributed by atoms with Gasteiger partial charge in [-0.15, -0.1) is 0 Å². The van der Waals surface area contributed by atoms with Gasteiger partial charge in [-0.3, -0.25) is 19.7 Å². The van der Waals surface area contributed by atoms with Crippen molar-refractivity contribution in [1.29, 1.82) is 0 Å². The molecule has 1 N–H and O–H groups in total. The molecule has 0 saturated carbocycles. The maximum Gasteiger partial charge on any atom is 0.324 e. The number of carbonyl (C=O) groups is 2. The van der Waals surface area contributed by atoms with E-state index in [2.05, 4.69) is 0 Å². The molecule has 13 heteroatoms. The Morgan fingerprint density at radius 2 is 1.70 bits per heavy atom. The van der Waals surface area contributed by atoms with Crippen LogP contribution in [0.5, 0.6) is 5.75 Å². The third-order valence-corrected chi connectivity index (χ3v) is 8.04. The first-order chi connectivity index (χ1) is 17.6. The molecule has 0 aromatic heterocycles. The van der Waals surface area contributed by atoms with Crippen LogP contribution < -0.4 is 9.64 Å². The molecule has 0 spiro atoms. The number of halogens is 1. The van der Waals surface area contributed by atoms with Crippen LogP contribution >= 0.6 is 11.6 Å². The van der Waals surface area contributed by atoms with Gasteiger partial charge in [0.1, 0.15) is 11.8 Å². The van der Waals surface area contributed by atoms with Crippen molar-refractivity contribution in [2.45, 2.75) is 17.0 Å². The minimum Gasteiger partial charge on any atom is -0.497 e. The van der Waals surface area contributed by atoms with E-state index >= 15 is 0 Å². The van der Waals surface area contributed by atoms with Gasteiger partial charge in [0.25, 0.3) is 15.7 Å². The van der Waals surface area contributed by atoms with Crippen LogP contribution in [0.4, 0.5) is 11.4 Å². The molecule has 1 aliphatic heterocycles. The van der Waals surface area contributed by atoms with Crippen molar-refractivity contribution in [3.63, 3.8) is 0 Å². The van der Waals surface area contributed by atoms with E-state index in [1.807, 2.05) is 0 Å². The van der Waals surface area contributed by atoms with E-state index in [4.69, 9.17) is 16.3 Å². The van der Waals surface area contributed by atoms with Crippen LogP contribution in [0.15, 0.2) is 77.7 Å². The Hall–Kier alpha value is -4.00. The highest BCUT2D eigenvalue weighted by Crippen LogP contribution is 2.40. The minimum atomic E-state index is -4.81. The lowest BCUT2D eigenvalue weighted by Gasteiger charge is -2.44. The van der Waals surface area contributed by atoms with Crippen LogP contribution in [-0.2, 0) is 19.6 Å². The summed E-state index contributed by atoms with van der Waals surface area (Å²) >= 11 is 6.01. The van der Waals surface area contributed by atoms with E-state index in [1.165, 1.54) is 48.4 Å². The van der Waals surface area contributed by atoms with Crippen LogP contribution in [0.2, 0.25) is 5.02 Å². The highest BCUT2D eigenvalue weighted by Gasteiger charge is 2.52. The summed E-state index contributed by atoms with van der Waals surface area (Å²) in [6, 6.07) is 13.6. The molecule has 37 heavy (non-hydrogen) atoms. The number of ether oxygens (including phenoxy) is 1. The largest absolute Gasteiger partial charge is 0.497 e. The predicted octanol–water partition coefficient (Wildman–Crippen LogP) is 3.49. The van der Waals surface area contributed by atoms with Crippen LogP contribution in [0, 0.1) is 10.1 Å². The highest BCUT2D eigenvalue weighted by atomic mass is 35.5. The molecule has 11 nitrogen and oxygen atoms in total. The summed E-state index contributed by atoms with van der Waals surface area (Å²) in [6.45, 7) is -0.860. The molecule has 0 aliphatic carbocycles. The molecule has 1 aliphatic rings. The summed E-state index contributed by atoms with van der Waals surface area (Å²) in [5.74, 6) is -1.79. The number of hydrogen-bond donors (Lipinski definition) is 1. The average molecular weight is 546 g/mol. The molecular weight excluding hydrogens is 526 g/mol. The van der Waals surface area contributed by atoms with Crippen LogP contribution in [0.25, 0.3) is 0 Å². The number of carboxylic acid groups (broad SMARTS) is 1. The number of para-hydroxylation sites is 1. The summed E-state index contributed by atoms with van der Waals surface area (Å²) in [6.07, 6.45) is 0. The Balaban J connectivity index is 1.92. The van der Waals surface area contributed by atoms with E-state index in [9.17, 15) is 33.2 Å². The maximum absolute atomic E-state index is 13.7. The first kappa shape index (κ1) is 26.1. The number of carboxylic acids is 1. The number of nitrogens with zero attached hydrogens (tertiary/aromatic N) is 3. The van der Waals surface area contributed by atoms with Crippen molar-refractivity contribution >= 4 is 44.9 Å². The van der Waals surface area contributed by atoms with E-state index in [-0.39, 0.29) is 0 Å². The monoisotopic (exact) mass is 545 g/mol. The summed E-state index contributed by atoms with van der Waals surface area (Å²) < 4.78 is 33.0. The van der Waals surface area contributed by atoms with Gasteiger partial charge in [0.05, 0.1) is 24.6 Å². The van der Waals surface area contributed by atoms with Crippen molar-refractivity contribution in [2.75, 3.05) is 18.6 Å². The van der Waals surface area contributed by atoms with Gasteiger partial charge < -0.3 is 14.7 Å². The third kappa shape index (κ3) is 4.86. The van der Waals surface area contributed by atoms with E-state index in [0.29, 0.717) is 26.3 Å². The van der Waals surface area contributed by atoms with Crippen molar-refractivity contribution in [2.24, 2.45) is 0 Å². The number of piperazine rings is 1. The molecule has 0 radical (unpaired) electrons. The first-order valence-electron chi connectivity index (χ1n) is 10.8. The van der Waals surface area contributed by atoms with Crippen molar-refractivity contribution in [1.82, 2.24) is 4.31 Å². The Kier molecular flexibility index (Phi) is 7.16. The zero-order valence-electron chi connectivity index (χ0n) is 19.2. The van der Waals surface area contributed by atoms with E-state index < -0.39 is 56.0 Å². The molecule has 4 rings (SSSR count). The number of aliphatic carboxylic acids is 1. The Morgan fingerprint density at radius 3 is 2.27 bits per heavy atom. The predicted molar refractivity (Wildman–Crippen MR) is 133 cm³/mol. The fourth-order valence-corrected chi connectivity index (χ4v) is 6.07. The molecule has 1 amide bonds. The zero-order chi connectivity index (χ0) is 26.9. The van der Waals surface area contributed by atoms with Gasteiger partial charge in [-0.2, -0.15) is 4.31 Å². The summed E-state index contributed by atoms with van der Waals surface area (Å²) in [5, 5.41) is 22.2. The Morgan fingerprint density at radius 1 is 1.08 bits per heavy atom. The van der Waals surface area contributed by atoms with Crippen LogP contribution in [0.1, 0.15) is 11.6 Å². The van der Waals surface area contributed by atoms with Crippen molar-refractivity contribution in [3.05, 3.63) is 93.5 Å². The maximum atomic E-state index is 13.7. The third-order valence-electron chi connectivity index (χ3n) is 5.91. The topological polar surface area (TPSA) is 147 Å². The number of carbonyl (C=O) groups excluding carboxylic acids is 1. The summed E-state index contributed by atoms with van der Waals surface area (Å²) in [5.41, 5.74) is -0.136. The summed E-state index contributed by atoms with van der Waals surface area (Å²) in [7, 11) is -3.35. The average Bonchev–Trinajstić information content (AvgIpc) is 2.88. The molecule has 3 aromatic carbocycles. The number of nitro groups is 1. The molecule has 3 aromatic rings. The molecule has 1 fully saturated rings. The molecule has 0 bridgehead atoms. The minimum absolute atomic E-state index is 0.295.